The molecule has 2 aromatic carbocycles. The van der Waals surface area contributed by atoms with Crippen LogP contribution in [0.4, 0.5) is 14.9 Å². The number of hydrogen-bond donors (Lipinski definition) is 2. The molecule has 0 saturated carbocycles. The number of imide groups is 1. The molecule has 0 bridgehead atoms. The minimum absolute atomic E-state index is 0.171. The highest BCUT2D eigenvalue weighted by molar-refractivity contribution is 6.01. The molecule has 0 radical (unpaired) electrons. The van der Waals surface area contributed by atoms with Gasteiger partial charge in [0.15, 0.2) is 0 Å². The van der Waals surface area contributed by atoms with Crippen molar-refractivity contribution in [1.29, 1.82) is 0 Å². The Morgan fingerprint density at radius 3 is 2.67 bits per heavy atom. The van der Waals surface area contributed by atoms with Crippen LogP contribution in [0.25, 0.3) is 11.4 Å². The van der Waals surface area contributed by atoms with Crippen LogP contribution in [-0.4, -0.2) is 39.3 Å². The number of methoxy groups -OCH3 is 1. The first-order valence-electron chi connectivity index (χ1n) is 7.82. The van der Waals surface area contributed by atoms with Crippen LogP contribution < -0.4 is 15.4 Å². The Labute approximate surface area is 153 Å². The van der Waals surface area contributed by atoms with Gasteiger partial charge in [-0.15, -0.1) is 10.2 Å². The van der Waals surface area contributed by atoms with E-state index < -0.39 is 17.8 Å². The number of amides is 3. The summed E-state index contributed by atoms with van der Waals surface area (Å²) >= 11 is 0. The molecular formula is C17H15FN6O3. The maximum Gasteiger partial charge on any atom is 0.325 e. The van der Waals surface area contributed by atoms with Gasteiger partial charge in [-0.3, -0.25) is 10.1 Å². The standard InChI is InChI=1S/C17H15FN6O3/c1-27-14-7-5-13(6-8-14)19-17(26)20-15(25)10-24-22-16(21-23-24)11-3-2-4-12(18)9-11/h2-9H,10H2,1H3,(H2,19,20,25,26). The molecule has 0 aliphatic rings. The molecule has 0 fully saturated rings. The molecule has 9 nitrogen and oxygen atoms in total. The second-order valence-electron chi connectivity index (χ2n) is 5.38. The Hall–Kier alpha value is -3.82. The van der Waals surface area contributed by atoms with Crippen LogP contribution in [0.3, 0.4) is 0 Å². The van der Waals surface area contributed by atoms with Gasteiger partial charge in [0.25, 0.3) is 5.91 Å². The highest BCUT2D eigenvalue weighted by atomic mass is 19.1. The van der Waals surface area contributed by atoms with Crippen LogP contribution in [-0.2, 0) is 11.3 Å². The monoisotopic (exact) mass is 370 g/mol. The Kier molecular flexibility index (Phi) is 5.36. The normalized spacial score (nSPS) is 10.3. The quantitative estimate of drug-likeness (QED) is 0.709. The average Bonchev–Trinajstić information content (AvgIpc) is 3.10. The van der Waals surface area contributed by atoms with Gasteiger partial charge in [0.05, 0.1) is 7.11 Å². The van der Waals surface area contributed by atoms with E-state index in [9.17, 15) is 14.0 Å². The van der Waals surface area contributed by atoms with Crippen molar-refractivity contribution in [2.75, 3.05) is 12.4 Å². The molecule has 0 aliphatic carbocycles. The molecule has 27 heavy (non-hydrogen) atoms. The number of benzene rings is 2. The number of anilines is 1. The number of tetrazole rings is 1. The fourth-order valence-electron chi connectivity index (χ4n) is 2.18. The third-order valence-electron chi connectivity index (χ3n) is 3.42. The summed E-state index contributed by atoms with van der Waals surface area (Å²) in [7, 11) is 1.53. The lowest BCUT2D eigenvalue weighted by Crippen LogP contribution is -2.37. The molecule has 138 valence electrons. The largest absolute Gasteiger partial charge is 0.497 e. The molecule has 0 unspecified atom stereocenters. The van der Waals surface area contributed by atoms with E-state index in [0.717, 1.165) is 4.80 Å². The first-order chi connectivity index (χ1) is 13.0. The predicted molar refractivity (Wildman–Crippen MR) is 93.4 cm³/mol. The number of carbonyl (C=O) groups is 2. The Balaban J connectivity index is 1.55. The molecule has 1 aromatic heterocycles. The zero-order chi connectivity index (χ0) is 19.2. The van der Waals surface area contributed by atoms with Crippen molar-refractivity contribution < 1.29 is 18.7 Å². The molecule has 1 heterocycles. The molecule has 0 saturated heterocycles. The van der Waals surface area contributed by atoms with Gasteiger partial charge in [0, 0.05) is 11.3 Å². The summed E-state index contributed by atoms with van der Waals surface area (Å²) in [4.78, 5) is 24.8. The number of ether oxygens (including phenoxy) is 1. The van der Waals surface area contributed by atoms with Gasteiger partial charge in [-0.25, -0.2) is 9.18 Å². The average molecular weight is 370 g/mol. The molecule has 0 aliphatic heterocycles. The second-order valence-corrected chi connectivity index (χ2v) is 5.38. The first-order valence-corrected chi connectivity index (χ1v) is 7.82. The number of urea groups is 1. The molecule has 3 amide bonds. The van der Waals surface area contributed by atoms with Crippen LogP contribution in [0.1, 0.15) is 0 Å². The molecule has 2 N–H and O–H groups in total. The molecular weight excluding hydrogens is 355 g/mol. The third-order valence-corrected chi connectivity index (χ3v) is 3.42. The topological polar surface area (TPSA) is 111 Å². The number of hydrogen-bond acceptors (Lipinski definition) is 6. The summed E-state index contributed by atoms with van der Waals surface area (Å²) in [5, 5.41) is 16.1. The van der Waals surface area contributed by atoms with Gasteiger partial charge in [-0.05, 0) is 41.6 Å². The van der Waals surface area contributed by atoms with E-state index in [1.54, 1.807) is 30.3 Å². The lowest BCUT2D eigenvalue weighted by molar-refractivity contribution is -0.120. The van der Waals surface area contributed by atoms with E-state index in [1.165, 1.54) is 25.3 Å². The summed E-state index contributed by atoms with van der Waals surface area (Å²) < 4.78 is 18.3. The fraction of sp³-hybridized carbons (Fsp3) is 0.118. The molecule has 0 atom stereocenters. The van der Waals surface area contributed by atoms with Gasteiger partial charge in [0.1, 0.15) is 18.1 Å². The molecule has 3 aromatic rings. The third kappa shape index (κ3) is 4.84. The fourth-order valence-corrected chi connectivity index (χ4v) is 2.18. The number of nitrogens with one attached hydrogen (secondary N) is 2. The lowest BCUT2D eigenvalue weighted by Gasteiger charge is -2.07. The zero-order valence-electron chi connectivity index (χ0n) is 14.2. The number of aromatic nitrogens is 4. The zero-order valence-corrected chi connectivity index (χ0v) is 14.2. The summed E-state index contributed by atoms with van der Waals surface area (Å²) in [6.45, 7) is -0.321. The minimum atomic E-state index is -0.698. The van der Waals surface area contributed by atoms with Crippen LogP contribution in [0.15, 0.2) is 48.5 Å². The highest BCUT2D eigenvalue weighted by Crippen LogP contribution is 2.15. The number of halogens is 1. The number of rotatable bonds is 5. The Morgan fingerprint density at radius 2 is 1.96 bits per heavy atom. The van der Waals surface area contributed by atoms with Crippen molar-refractivity contribution >= 4 is 17.6 Å². The van der Waals surface area contributed by atoms with Gasteiger partial charge in [-0.1, -0.05) is 12.1 Å². The molecule has 10 heteroatoms. The van der Waals surface area contributed by atoms with Crippen molar-refractivity contribution in [3.05, 3.63) is 54.3 Å². The van der Waals surface area contributed by atoms with Crippen LogP contribution in [0.2, 0.25) is 0 Å². The first kappa shape index (κ1) is 18.0. The number of nitrogens with zero attached hydrogens (tertiary/aromatic N) is 4. The molecule has 3 rings (SSSR count). The van der Waals surface area contributed by atoms with E-state index >= 15 is 0 Å². The van der Waals surface area contributed by atoms with Crippen LogP contribution in [0.5, 0.6) is 5.75 Å². The van der Waals surface area contributed by atoms with Crippen LogP contribution >= 0.6 is 0 Å². The molecule has 0 spiro atoms. The van der Waals surface area contributed by atoms with Crippen molar-refractivity contribution in [2.45, 2.75) is 6.54 Å². The van der Waals surface area contributed by atoms with E-state index in [2.05, 4.69) is 26.0 Å². The van der Waals surface area contributed by atoms with Crippen molar-refractivity contribution in [3.8, 4) is 17.1 Å². The van der Waals surface area contributed by atoms with E-state index in [-0.39, 0.29) is 12.4 Å². The smallest absolute Gasteiger partial charge is 0.325 e. The predicted octanol–water partition coefficient (Wildman–Crippen LogP) is 1.84. The van der Waals surface area contributed by atoms with Crippen molar-refractivity contribution in [1.82, 2.24) is 25.5 Å². The summed E-state index contributed by atoms with van der Waals surface area (Å²) in [5.41, 5.74) is 0.923. The van der Waals surface area contributed by atoms with Crippen LogP contribution in [0, 0.1) is 5.82 Å². The maximum absolute atomic E-state index is 13.2. The summed E-state index contributed by atoms with van der Waals surface area (Å²) in [6.07, 6.45) is 0. The SMILES string of the molecule is COc1ccc(NC(=O)NC(=O)Cn2nnc(-c3cccc(F)c3)n2)cc1. The number of carbonyl (C=O) groups excluding carboxylic acids is 2. The summed E-state index contributed by atoms with van der Waals surface area (Å²) in [5.74, 6) is -0.255. The van der Waals surface area contributed by atoms with E-state index in [4.69, 9.17) is 4.74 Å². The van der Waals surface area contributed by atoms with Gasteiger partial charge in [-0.2, -0.15) is 4.80 Å². The second kappa shape index (κ2) is 8.04. The van der Waals surface area contributed by atoms with E-state index in [0.29, 0.717) is 17.0 Å². The highest BCUT2D eigenvalue weighted by Gasteiger charge is 2.12. The van der Waals surface area contributed by atoms with Gasteiger partial charge < -0.3 is 10.1 Å². The van der Waals surface area contributed by atoms with Gasteiger partial charge in [0.2, 0.25) is 5.82 Å². The van der Waals surface area contributed by atoms with Crippen molar-refractivity contribution in [3.63, 3.8) is 0 Å². The minimum Gasteiger partial charge on any atom is -0.497 e. The van der Waals surface area contributed by atoms with Gasteiger partial charge >= 0.3 is 6.03 Å². The van der Waals surface area contributed by atoms with E-state index in [1.807, 2.05) is 0 Å². The maximum atomic E-state index is 13.2. The Bertz CT molecular complexity index is 957. The summed E-state index contributed by atoms with van der Waals surface area (Å²) in [6, 6.07) is 11.6. The lowest BCUT2D eigenvalue weighted by atomic mass is 10.2. The Morgan fingerprint density at radius 1 is 1.19 bits per heavy atom. The van der Waals surface area contributed by atoms with Crippen molar-refractivity contribution in [2.24, 2.45) is 0 Å².